The zero-order chi connectivity index (χ0) is 13.1. The summed E-state index contributed by atoms with van der Waals surface area (Å²) in [4.78, 5) is 2.39. The van der Waals surface area contributed by atoms with Crippen molar-refractivity contribution in [2.75, 3.05) is 13.6 Å². The summed E-state index contributed by atoms with van der Waals surface area (Å²) in [5.74, 6) is 0.214. The SMILES string of the molecule is CCCN(C)[C@H]1CCc2c(C(N)=NO)cccc21. The molecule has 0 aliphatic heterocycles. The van der Waals surface area contributed by atoms with Crippen molar-refractivity contribution < 1.29 is 5.21 Å². The quantitative estimate of drug-likeness (QED) is 0.371. The minimum atomic E-state index is 0.214. The molecule has 2 rings (SSSR count). The Kier molecular flexibility index (Phi) is 3.87. The van der Waals surface area contributed by atoms with Crippen molar-refractivity contribution in [2.45, 2.75) is 32.2 Å². The van der Waals surface area contributed by atoms with Crippen molar-refractivity contribution in [2.24, 2.45) is 10.9 Å². The van der Waals surface area contributed by atoms with Crippen molar-refractivity contribution in [3.8, 4) is 0 Å². The molecule has 1 atom stereocenters. The molecule has 1 aromatic carbocycles. The van der Waals surface area contributed by atoms with Gasteiger partial charge in [0.1, 0.15) is 0 Å². The van der Waals surface area contributed by atoms with Crippen LogP contribution in [0.4, 0.5) is 0 Å². The summed E-state index contributed by atoms with van der Waals surface area (Å²) in [7, 11) is 2.17. The van der Waals surface area contributed by atoms with Gasteiger partial charge in [-0.15, -0.1) is 0 Å². The predicted molar refractivity (Wildman–Crippen MR) is 72.9 cm³/mol. The Morgan fingerprint density at radius 1 is 1.56 bits per heavy atom. The van der Waals surface area contributed by atoms with Gasteiger partial charge in [0.15, 0.2) is 5.84 Å². The fourth-order valence-corrected chi connectivity index (χ4v) is 2.89. The summed E-state index contributed by atoms with van der Waals surface area (Å²) in [5, 5.41) is 12.0. The van der Waals surface area contributed by atoms with Crippen molar-refractivity contribution in [1.82, 2.24) is 4.90 Å². The molecule has 0 amide bonds. The molecular weight excluding hydrogens is 226 g/mol. The second kappa shape index (κ2) is 5.40. The first kappa shape index (κ1) is 12.9. The van der Waals surface area contributed by atoms with Gasteiger partial charge in [0, 0.05) is 11.6 Å². The van der Waals surface area contributed by atoms with Crippen LogP contribution in [0.5, 0.6) is 0 Å². The van der Waals surface area contributed by atoms with Gasteiger partial charge in [0.2, 0.25) is 0 Å². The molecule has 4 heteroatoms. The Labute approximate surface area is 108 Å². The van der Waals surface area contributed by atoms with Gasteiger partial charge in [-0.3, -0.25) is 4.90 Å². The van der Waals surface area contributed by atoms with E-state index >= 15 is 0 Å². The Balaban J connectivity index is 2.35. The fraction of sp³-hybridized carbons (Fsp3) is 0.500. The second-order valence-corrected chi connectivity index (χ2v) is 4.89. The van der Waals surface area contributed by atoms with Gasteiger partial charge in [-0.25, -0.2) is 0 Å². The van der Waals surface area contributed by atoms with E-state index < -0.39 is 0 Å². The lowest BCUT2D eigenvalue weighted by molar-refractivity contribution is 0.245. The Bertz CT molecular complexity index is 456. The van der Waals surface area contributed by atoms with Gasteiger partial charge in [-0.1, -0.05) is 30.3 Å². The number of hydrogen-bond acceptors (Lipinski definition) is 3. The van der Waals surface area contributed by atoms with Crippen LogP contribution < -0.4 is 5.73 Å². The Morgan fingerprint density at radius 3 is 3.00 bits per heavy atom. The van der Waals surface area contributed by atoms with E-state index in [0.29, 0.717) is 6.04 Å². The minimum absolute atomic E-state index is 0.214. The topological polar surface area (TPSA) is 61.8 Å². The molecule has 0 bridgehead atoms. The normalized spacial score (nSPS) is 19.3. The number of hydrogen-bond donors (Lipinski definition) is 2. The van der Waals surface area contributed by atoms with E-state index in [-0.39, 0.29) is 5.84 Å². The number of rotatable bonds is 4. The average molecular weight is 247 g/mol. The van der Waals surface area contributed by atoms with Gasteiger partial charge in [-0.2, -0.15) is 0 Å². The first-order valence-electron chi connectivity index (χ1n) is 6.49. The van der Waals surface area contributed by atoms with Gasteiger partial charge in [0.05, 0.1) is 0 Å². The number of oxime groups is 1. The highest BCUT2D eigenvalue weighted by Gasteiger charge is 2.27. The third kappa shape index (κ3) is 2.20. The van der Waals surface area contributed by atoms with E-state index in [2.05, 4.69) is 30.1 Å². The summed E-state index contributed by atoms with van der Waals surface area (Å²) >= 11 is 0. The maximum Gasteiger partial charge on any atom is 0.170 e. The van der Waals surface area contributed by atoms with Gasteiger partial charge in [0.25, 0.3) is 0 Å². The lowest BCUT2D eigenvalue weighted by Gasteiger charge is -2.24. The summed E-state index contributed by atoms with van der Waals surface area (Å²) in [6.45, 7) is 3.29. The zero-order valence-electron chi connectivity index (χ0n) is 11.1. The summed E-state index contributed by atoms with van der Waals surface area (Å²) in [6, 6.07) is 6.54. The van der Waals surface area contributed by atoms with E-state index in [9.17, 15) is 0 Å². The Hall–Kier alpha value is -1.55. The molecule has 3 N–H and O–H groups in total. The van der Waals surface area contributed by atoms with E-state index in [1.165, 1.54) is 11.1 Å². The van der Waals surface area contributed by atoms with Crippen LogP contribution in [-0.4, -0.2) is 29.5 Å². The molecule has 18 heavy (non-hydrogen) atoms. The average Bonchev–Trinajstić information content (AvgIpc) is 2.81. The van der Waals surface area contributed by atoms with Crippen LogP contribution in [0.15, 0.2) is 23.4 Å². The molecule has 0 saturated heterocycles. The van der Waals surface area contributed by atoms with E-state index in [1.807, 2.05) is 12.1 Å². The van der Waals surface area contributed by atoms with Gasteiger partial charge in [-0.05, 0) is 44.0 Å². The van der Waals surface area contributed by atoms with Crippen LogP contribution in [0, 0.1) is 0 Å². The number of benzene rings is 1. The van der Waals surface area contributed by atoms with Crippen molar-refractivity contribution in [3.63, 3.8) is 0 Å². The molecule has 0 spiro atoms. The molecule has 1 aliphatic carbocycles. The summed E-state index contributed by atoms with van der Waals surface area (Å²) < 4.78 is 0. The minimum Gasteiger partial charge on any atom is -0.409 e. The smallest absolute Gasteiger partial charge is 0.170 e. The molecular formula is C14H21N3O. The molecule has 0 radical (unpaired) electrons. The first-order chi connectivity index (χ1) is 8.69. The van der Waals surface area contributed by atoms with Crippen LogP contribution in [0.2, 0.25) is 0 Å². The molecule has 0 aromatic heterocycles. The Morgan fingerprint density at radius 2 is 2.33 bits per heavy atom. The number of fused-ring (bicyclic) bond motifs is 1. The maximum atomic E-state index is 8.83. The molecule has 98 valence electrons. The lowest BCUT2D eigenvalue weighted by Crippen LogP contribution is -2.23. The molecule has 0 saturated carbocycles. The van der Waals surface area contributed by atoms with Crippen LogP contribution in [-0.2, 0) is 6.42 Å². The van der Waals surface area contributed by atoms with Crippen LogP contribution >= 0.6 is 0 Å². The third-order valence-electron chi connectivity index (χ3n) is 3.73. The zero-order valence-corrected chi connectivity index (χ0v) is 11.1. The van der Waals surface area contributed by atoms with Gasteiger partial charge < -0.3 is 10.9 Å². The first-order valence-corrected chi connectivity index (χ1v) is 6.49. The van der Waals surface area contributed by atoms with Crippen molar-refractivity contribution in [3.05, 3.63) is 34.9 Å². The highest BCUT2D eigenvalue weighted by atomic mass is 16.4. The second-order valence-electron chi connectivity index (χ2n) is 4.89. The third-order valence-corrected chi connectivity index (χ3v) is 3.73. The molecule has 0 unspecified atom stereocenters. The van der Waals surface area contributed by atoms with E-state index in [0.717, 1.165) is 31.4 Å². The van der Waals surface area contributed by atoms with Crippen molar-refractivity contribution in [1.29, 1.82) is 0 Å². The van der Waals surface area contributed by atoms with Crippen LogP contribution in [0.3, 0.4) is 0 Å². The lowest BCUT2D eigenvalue weighted by atomic mass is 10.0. The van der Waals surface area contributed by atoms with Gasteiger partial charge >= 0.3 is 0 Å². The number of nitrogens with two attached hydrogens (primary N) is 1. The number of nitrogens with zero attached hydrogens (tertiary/aromatic N) is 2. The molecule has 4 nitrogen and oxygen atoms in total. The summed E-state index contributed by atoms with van der Waals surface area (Å²) in [5.41, 5.74) is 9.18. The van der Waals surface area contributed by atoms with Crippen molar-refractivity contribution >= 4 is 5.84 Å². The van der Waals surface area contributed by atoms with E-state index in [1.54, 1.807) is 0 Å². The monoisotopic (exact) mass is 247 g/mol. The fourth-order valence-electron chi connectivity index (χ4n) is 2.89. The van der Waals surface area contributed by atoms with Crippen LogP contribution in [0.1, 0.15) is 42.5 Å². The van der Waals surface area contributed by atoms with E-state index in [4.69, 9.17) is 10.9 Å². The highest BCUT2D eigenvalue weighted by molar-refractivity contribution is 5.98. The molecule has 1 aromatic rings. The largest absolute Gasteiger partial charge is 0.409 e. The molecule has 1 aliphatic rings. The highest BCUT2D eigenvalue weighted by Crippen LogP contribution is 2.36. The summed E-state index contributed by atoms with van der Waals surface area (Å²) in [6.07, 6.45) is 3.27. The standard InChI is InChI=1S/C14H21N3O/c1-3-9-17(2)13-8-7-10-11(13)5-4-6-12(10)14(15)16-18/h4-6,13,18H,3,7-9H2,1-2H3,(H2,15,16)/t13-/m0/s1. The maximum absolute atomic E-state index is 8.83. The molecule has 0 heterocycles. The predicted octanol–water partition coefficient (Wildman–Crippen LogP) is 2.11. The number of amidine groups is 1. The molecule has 0 fully saturated rings. The van der Waals surface area contributed by atoms with Crippen LogP contribution in [0.25, 0.3) is 0 Å².